The topological polar surface area (TPSA) is 86.7 Å². The Labute approximate surface area is 178 Å². The van der Waals surface area contributed by atoms with Crippen LogP contribution in [-0.2, 0) is 0 Å². The van der Waals surface area contributed by atoms with E-state index in [1.807, 2.05) is 36.4 Å². The minimum Gasteiger partial charge on any atom is -0.258 e. The molecule has 4 aromatic rings. The number of hydrogen-bond donors (Lipinski definition) is 0. The molecule has 0 aliphatic heterocycles. The van der Waals surface area contributed by atoms with Gasteiger partial charge in [0.05, 0.1) is 15.6 Å². The van der Waals surface area contributed by atoms with Crippen molar-refractivity contribution in [1.29, 1.82) is 0 Å². The Balaban J connectivity index is 1.95. The van der Waals surface area contributed by atoms with Crippen molar-refractivity contribution in [2.75, 3.05) is 0 Å². The lowest BCUT2D eigenvalue weighted by molar-refractivity contribution is -0.384. The van der Waals surface area contributed by atoms with Crippen molar-refractivity contribution in [3.63, 3.8) is 0 Å². The minimum atomic E-state index is -0.420. The monoisotopic (exact) mass is 503 g/mol. The predicted molar refractivity (Wildman–Crippen MR) is 114 cm³/mol. The largest absolute Gasteiger partial charge is 0.270 e. The molecule has 0 spiro atoms. The number of benzene rings is 3. The number of tetrazole rings is 1. The molecule has 0 aliphatic carbocycles. The zero-order chi connectivity index (χ0) is 19.7. The van der Waals surface area contributed by atoms with Gasteiger partial charge in [0, 0.05) is 21.3 Å². The number of halogens is 2. The first-order valence-corrected chi connectivity index (χ1v) is 9.58. The van der Waals surface area contributed by atoms with Crippen molar-refractivity contribution in [3.8, 4) is 28.2 Å². The number of nitro benzene ring substituents is 1. The van der Waals surface area contributed by atoms with E-state index in [0.717, 1.165) is 9.13 Å². The molecular weight excluding hydrogens is 493 g/mol. The average molecular weight is 504 g/mol. The molecule has 1 aromatic heterocycles. The number of nitrogens with zero attached hydrogens (tertiary/aromatic N) is 5. The molecule has 0 amide bonds. The highest BCUT2D eigenvalue weighted by molar-refractivity contribution is 14.1. The van der Waals surface area contributed by atoms with Crippen LogP contribution in [0.4, 0.5) is 5.69 Å². The molecule has 28 heavy (non-hydrogen) atoms. The summed E-state index contributed by atoms with van der Waals surface area (Å²) in [5.74, 6) is 0.441. The van der Waals surface area contributed by atoms with E-state index >= 15 is 0 Å². The molecule has 7 nitrogen and oxygen atoms in total. The third-order valence-electron chi connectivity index (χ3n) is 4.16. The second kappa shape index (κ2) is 7.64. The molecule has 0 radical (unpaired) electrons. The molecule has 0 saturated carbocycles. The van der Waals surface area contributed by atoms with Crippen molar-refractivity contribution in [2.24, 2.45) is 0 Å². The quantitative estimate of drug-likeness (QED) is 0.218. The van der Waals surface area contributed by atoms with Gasteiger partial charge in [-0.25, -0.2) is 0 Å². The fourth-order valence-corrected chi connectivity index (χ4v) is 3.43. The van der Waals surface area contributed by atoms with Gasteiger partial charge in [0.2, 0.25) is 0 Å². The molecule has 9 heteroatoms. The van der Waals surface area contributed by atoms with Crippen molar-refractivity contribution in [3.05, 3.63) is 85.4 Å². The van der Waals surface area contributed by atoms with E-state index in [0.29, 0.717) is 27.7 Å². The van der Waals surface area contributed by atoms with Gasteiger partial charge in [-0.15, -0.1) is 5.10 Å². The average Bonchev–Trinajstić information content (AvgIpc) is 3.18. The smallest absolute Gasteiger partial charge is 0.258 e. The maximum Gasteiger partial charge on any atom is 0.270 e. The van der Waals surface area contributed by atoms with Crippen LogP contribution in [0, 0.1) is 13.7 Å². The first-order valence-electron chi connectivity index (χ1n) is 8.12. The Morgan fingerprint density at radius 2 is 1.75 bits per heavy atom. The van der Waals surface area contributed by atoms with Crippen LogP contribution in [0.3, 0.4) is 0 Å². The van der Waals surface area contributed by atoms with Gasteiger partial charge in [-0.2, -0.15) is 4.68 Å². The Kier molecular flexibility index (Phi) is 5.05. The molecule has 0 fully saturated rings. The molecule has 138 valence electrons. The molecule has 0 N–H and O–H groups in total. The third-order valence-corrected chi connectivity index (χ3v) is 5.20. The maximum atomic E-state index is 11.3. The first-order chi connectivity index (χ1) is 13.5. The van der Waals surface area contributed by atoms with Gasteiger partial charge in [0.25, 0.3) is 5.69 Å². The van der Waals surface area contributed by atoms with Gasteiger partial charge in [-0.3, -0.25) is 10.1 Å². The Morgan fingerprint density at radius 1 is 1.00 bits per heavy atom. The number of aromatic nitrogens is 4. The maximum absolute atomic E-state index is 11.3. The van der Waals surface area contributed by atoms with E-state index in [-0.39, 0.29) is 5.69 Å². The first kappa shape index (κ1) is 18.5. The van der Waals surface area contributed by atoms with Gasteiger partial charge in [-0.05, 0) is 74.5 Å². The SMILES string of the molecule is O=[N+]([O-])c1ccc(-c2nnnn2-c2ccccc2Cl)c(-c2ccc(I)cc2)c1. The molecule has 0 saturated heterocycles. The van der Waals surface area contributed by atoms with Gasteiger partial charge in [0.15, 0.2) is 5.82 Å². The van der Waals surface area contributed by atoms with Crippen LogP contribution in [0.2, 0.25) is 5.02 Å². The Bertz CT molecular complexity index is 1180. The molecular formula is C19H11ClIN5O2. The van der Waals surface area contributed by atoms with Crippen LogP contribution in [0.5, 0.6) is 0 Å². The van der Waals surface area contributed by atoms with Crippen molar-refractivity contribution < 1.29 is 4.92 Å². The summed E-state index contributed by atoms with van der Waals surface area (Å²) in [6.07, 6.45) is 0. The summed E-state index contributed by atoms with van der Waals surface area (Å²) in [5, 5.41) is 23.8. The number of para-hydroxylation sites is 1. The highest BCUT2D eigenvalue weighted by Gasteiger charge is 2.20. The predicted octanol–water partition coefficient (Wildman–Crippen LogP) is 5.16. The number of rotatable bonds is 4. The number of hydrogen-bond acceptors (Lipinski definition) is 5. The highest BCUT2D eigenvalue weighted by atomic mass is 127. The Hall–Kier alpha value is -2.85. The molecule has 1 heterocycles. The van der Waals surface area contributed by atoms with E-state index in [4.69, 9.17) is 11.6 Å². The van der Waals surface area contributed by atoms with E-state index in [1.54, 1.807) is 18.2 Å². The molecule has 0 bridgehead atoms. The van der Waals surface area contributed by atoms with E-state index in [2.05, 4.69) is 38.1 Å². The standard InChI is InChI=1S/C19H11ClIN5O2/c20-17-3-1-2-4-18(17)25-19(22-23-24-25)15-10-9-14(26(27)28)11-16(15)12-5-7-13(21)8-6-12/h1-11H. The van der Waals surface area contributed by atoms with Crippen LogP contribution in [0.25, 0.3) is 28.2 Å². The van der Waals surface area contributed by atoms with Crippen LogP contribution in [0.15, 0.2) is 66.7 Å². The van der Waals surface area contributed by atoms with Gasteiger partial charge in [0.1, 0.15) is 0 Å². The highest BCUT2D eigenvalue weighted by Crippen LogP contribution is 2.35. The molecule has 3 aromatic carbocycles. The second-order valence-corrected chi connectivity index (χ2v) is 7.51. The second-order valence-electron chi connectivity index (χ2n) is 5.86. The summed E-state index contributed by atoms with van der Waals surface area (Å²) in [6, 6.07) is 19.5. The lowest BCUT2D eigenvalue weighted by Crippen LogP contribution is -2.02. The van der Waals surface area contributed by atoms with E-state index in [1.165, 1.54) is 16.8 Å². The third kappa shape index (κ3) is 3.48. The fraction of sp³-hybridized carbons (Fsp3) is 0. The van der Waals surface area contributed by atoms with Crippen molar-refractivity contribution in [2.45, 2.75) is 0 Å². The summed E-state index contributed by atoms with van der Waals surface area (Å²) < 4.78 is 2.59. The Morgan fingerprint density at radius 3 is 2.46 bits per heavy atom. The van der Waals surface area contributed by atoms with Crippen LogP contribution in [-0.4, -0.2) is 25.1 Å². The summed E-state index contributed by atoms with van der Waals surface area (Å²) in [5.41, 5.74) is 2.77. The lowest BCUT2D eigenvalue weighted by Gasteiger charge is -2.11. The molecule has 4 rings (SSSR count). The molecule has 0 unspecified atom stereocenters. The zero-order valence-corrected chi connectivity index (χ0v) is 17.1. The summed E-state index contributed by atoms with van der Waals surface area (Å²) in [4.78, 5) is 10.9. The lowest BCUT2D eigenvalue weighted by atomic mass is 9.98. The molecule has 0 atom stereocenters. The fourth-order valence-electron chi connectivity index (χ4n) is 2.85. The minimum absolute atomic E-state index is 0.00549. The molecule has 0 aliphatic rings. The number of nitro groups is 1. The van der Waals surface area contributed by atoms with Crippen LogP contribution in [0.1, 0.15) is 0 Å². The van der Waals surface area contributed by atoms with Gasteiger partial charge in [-0.1, -0.05) is 35.9 Å². The van der Waals surface area contributed by atoms with Gasteiger partial charge >= 0.3 is 0 Å². The van der Waals surface area contributed by atoms with Crippen LogP contribution >= 0.6 is 34.2 Å². The summed E-state index contributed by atoms with van der Waals surface area (Å²) >= 11 is 8.52. The number of non-ortho nitro benzene ring substituents is 1. The summed E-state index contributed by atoms with van der Waals surface area (Å²) in [6.45, 7) is 0. The normalized spacial score (nSPS) is 10.8. The van der Waals surface area contributed by atoms with Crippen LogP contribution < -0.4 is 0 Å². The van der Waals surface area contributed by atoms with E-state index < -0.39 is 4.92 Å². The van der Waals surface area contributed by atoms with Crippen molar-refractivity contribution in [1.82, 2.24) is 20.2 Å². The van der Waals surface area contributed by atoms with Crippen molar-refractivity contribution >= 4 is 39.9 Å². The van der Waals surface area contributed by atoms with E-state index in [9.17, 15) is 10.1 Å². The van der Waals surface area contributed by atoms with Gasteiger partial charge < -0.3 is 0 Å². The zero-order valence-electron chi connectivity index (χ0n) is 14.2. The summed E-state index contributed by atoms with van der Waals surface area (Å²) in [7, 11) is 0.